The summed E-state index contributed by atoms with van der Waals surface area (Å²) in [6, 6.07) is 0. The summed E-state index contributed by atoms with van der Waals surface area (Å²) in [5.41, 5.74) is 0. The molecule has 0 aliphatic carbocycles. The molecule has 1 heterocycles. The molecule has 1 rings (SSSR count). The van der Waals surface area contributed by atoms with Crippen molar-refractivity contribution in [2.45, 2.75) is 52.4 Å². The van der Waals surface area contributed by atoms with Gasteiger partial charge in [-0.3, -0.25) is 14.4 Å². The Morgan fingerprint density at radius 1 is 1.23 bits per heavy atom. The number of carbonyl (C=O) groups excluding carboxylic acids is 3. The first-order valence-corrected chi connectivity index (χ1v) is 8.34. The number of hydrogen-bond acceptors (Lipinski definition) is 3. The maximum atomic E-state index is 11.7. The van der Waals surface area contributed by atoms with Gasteiger partial charge in [0.25, 0.3) is 0 Å². The van der Waals surface area contributed by atoms with E-state index in [1.807, 2.05) is 0 Å². The lowest BCUT2D eigenvalue weighted by Crippen LogP contribution is -2.43. The molecule has 0 spiro atoms. The monoisotopic (exact) mass is 311 g/mol. The number of nitrogens with one attached hydrogen (secondary N) is 2. The number of piperidine rings is 1. The first-order valence-electron chi connectivity index (χ1n) is 8.34. The Morgan fingerprint density at radius 3 is 2.68 bits per heavy atom. The molecule has 0 radical (unpaired) electrons. The van der Waals surface area contributed by atoms with Crippen molar-refractivity contribution < 1.29 is 14.4 Å². The molecule has 22 heavy (non-hydrogen) atoms. The van der Waals surface area contributed by atoms with Gasteiger partial charge in [0, 0.05) is 32.5 Å². The van der Waals surface area contributed by atoms with E-state index in [1.54, 1.807) is 4.90 Å². The van der Waals surface area contributed by atoms with Crippen molar-refractivity contribution >= 4 is 17.7 Å². The maximum absolute atomic E-state index is 11.7. The smallest absolute Gasteiger partial charge is 0.239 e. The number of likely N-dealkylation sites (tertiary alicyclic amines) is 1. The summed E-state index contributed by atoms with van der Waals surface area (Å²) in [5.74, 6) is 0.438. The number of amides is 3. The van der Waals surface area contributed by atoms with Crippen molar-refractivity contribution in [1.82, 2.24) is 15.5 Å². The number of rotatable bonds is 9. The number of carbonyl (C=O) groups is 3. The largest absolute Gasteiger partial charge is 0.356 e. The van der Waals surface area contributed by atoms with Gasteiger partial charge in [0.1, 0.15) is 0 Å². The van der Waals surface area contributed by atoms with Crippen LogP contribution in [0.3, 0.4) is 0 Å². The Bertz CT molecular complexity index is 385. The second-order valence-electron chi connectivity index (χ2n) is 6.04. The molecule has 0 aromatic heterocycles. The molecular formula is C16H29N3O3. The highest BCUT2D eigenvalue weighted by Gasteiger charge is 2.20. The molecule has 1 saturated heterocycles. The predicted molar refractivity (Wildman–Crippen MR) is 85.1 cm³/mol. The van der Waals surface area contributed by atoms with Gasteiger partial charge < -0.3 is 15.5 Å². The molecule has 1 atom stereocenters. The quantitative estimate of drug-likeness (QED) is 0.625. The summed E-state index contributed by atoms with van der Waals surface area (Å²) >= 11 is 0. The molecule has 1 aliphatic heterocycles. The van der Waals surface area contributed by atoms with Crippen molar-refractivity contribution in [2.75, 3.05) is 26.2 Å². The van der Waals surface area contributed by atoms with Crippen LogP contribution in [-0.4, -0.2) is 48.8 Å². The van der Waals surface area contributed by atoms with Gasteiger partial charge in [-0.15, -0.1) is 0 Å². The standard InChI is InChI=1S/C16H29N3O3/c1-3-13(2)11-18-14(20)7-6-9-17-15(21)12-19-10-5-4-8-16(19)22/h13H,3-12H2,1-2H3,(H,17,21)(H,18,20). The van der Waals surface area contributed by atoms with Crippen molar-refractivity contribution in [3.8, 4) is 0 Å². The van der Waals surface area contributed by atoms with Crippen molar-refractivity contribution in [3.05, 3.63) is 0 Å². The van der Waals surface area contributed by atoms with Gasteiger partial charge in [-0.05, 0) is 25.2 Å². The van der Waals surface area contributed by atoms with Crippen LogP contribution in [0, 0.1) is 5.92 Å². The average molecular weight is 311 g/mol. The van der Waals surface area contributed by atoms with E-state index in [-0.39, 0.29) is 24.3 Å². The number of hydrogen-bond donors (Lipinski definition) is 2. The molecule has 3 amide bonds. The highest BCUT2D eigenvalue weighted by Crippen LogP contribution is 2.09. The average Bonchev–Trinajstić information content (AvgIpc) is 2.51. The van der Waals surface area contributed by atoms with E-state index in [0.29, 0.717) is 44.8 Å². The molecule has 126 valence electrons. The third-order valence-electron chi connectivity index (χ3n) is 4.00. The van der Waals surface area contributed by atoms with Crippen LogP contribution in [-0.2, 0) is 14.4 Å². The summed E-state index contributed by atoms with van der Waals surface area (Å²) in [6.07, 6.45) is 4.51. The van der Waals surface area contributed by atoms with E-state index < -0.39 is 0 Å². The fourth-order valence-corrected chi connectivity index (χ4v) is 2.26. The van der Waals surface area contributed by atoms with Crippen LogP contribution in [0.25, 0.3) is 0 Å². The second kappa shape index (κ2) is 10.2. The first kappa shape index (κ1) is 18.5. The van der Waals surface area contributed by atoms with Gasteiger partial charge >= 0.3 is 0 Å². The van der Waals surface area contributed by atoms with Crippen molar-refractivity contribution in [1.29, 1.82) is 0 Å². The van der Waals surface area contributed by atoms with E-state index in [9.17, 15) is 14.4 Å². The minimum Gasteiger partial charge on any atom is -0.356 e. The van der Waals surface area contributed by atoms with Gasteiger partial charge in [-0.25, -0.2) is 0 Å². The van der Waals surface area contributed by atoms with E-state index in [1.165, 1.54) is 0 Å². The van der Waals surface area contributed by atoms with E-state index >= 15 is 0 Å². The Morgan fingerprint density at radius 2 is 2.00 bits per heavy atom. The van der Waals surface area contributed by atoms with Gasteiger partial charge in [-0.1, -0.05) is 20.3 Å². The summed E-state index contributed by atoms with van der Waals surface area (Å²) in [4.78, 5) is 36.5. The molecule has 0 aromatic carbocycles. The van der Waals surface area contributed by atoms with Crippen LogP contribution >= 0.6 is 0 Å². The zero-order valence-electron chi connectivity index (χ0n) is 13.8. The van der Waals surface area contributed by atoms with Gasteiger partial charge in [0.2, 0.25) is 17.7 Å². The highest BCUT2D eigenvalue weighted by atomic mass is 16.2. The van der Waals surface area contributed by atoms with Crippen molar-refractivity contribution in [3.63, 3.8) is 0 Å². The van der Waals surface area contributed by atoms with Crippen LogP contribution in [0.4, 0.5) is 0 Å². The van der Waals surface area contributed by atoms with Gasteiger partial charge in [0.15, 0.2) is 0 Å². The zero-order chi connectivity index (χ0) is 16.4. The molecule has 1 fully saturated rings. The van der Waals surface area contributed by atoms with Gasteiger partial charge in [0.05, 0.1) is 6.54 Å². The van der Waals surface area contributed by atoms with E-state index in [0.717, 1.165) is 19.3 Å². The summed E-state index contributed by atoms with van der Waals surface area (Å²) in [5, 5.41) is 5.66. The summed E-state index contributed by atoms with van der Waals surface area (Å²) < 4.78 is 0. The fourth-order valence-electron chi connectivity index (χ4n) is 2.26. The summed E-state index contributed by atoms with van der Waals surface area (Å²) in [6.45, 7) is 6.18. The Labute approximate surface area is 133 Å². The molecule has 6 nitrogen and oxygen atoms in total. The summed E-state index contributed by atoms with van der Waals surface area (Å²) in [7, 11) is 0. The van der Waals surface area contributed by atoms with E-state index in [4.69, 9.17) is 0 Å². The third-order valence-corrected chi connectivity index (χ3v) is 4.00. The van der Waals surface area contributed by atoms with Crippen LogP contribution < -0.4 is 10.6 Å². The second-order valence-corrected chi connectivity index (χ2v) is 6.04. The minimum atomic E-state index is -0.143. The van der Waals surface area contributed by atoms with Crippen molar-refractivity contribution in [2.24, 2.45) is 5.92 Å². The Balaban J connectivity index is 2.07. The molecule has 0 saturated carbocycles. The molecule has 1 aliphatic rings. The van der Waals surface area contributed by atoms with Crippen LogP contribution in [0.1, 0.15) is 52.4 Å². The van der Waals surface area contributed by atoms with Gasteiger partial charge in [-0.2, -0.15) is 0 Å². The van der Waals surface area contributed by atoms with E-state index in [2.05, 4.69) is 24.5 Å². The van der Waals surface area contributed by atoms with Crippen LogP contribution in [0.5, 0.6) is 0 Å². The lowest BCUT2D eigenvalue weighted by Gasteiger charge is -2.25. The highest BCUT2D eigenvalue weighted by molar-refractivity contribution is 5.85. The Kier molecular flexibility index (Phi) is 8.55. The number of nitrogens with zero attached hydrogens (tertiary/aromatic N) is 1. The first-order chi connectivity index (χ1) is 10.5. The SMILES string of the molecule is CCC(C)CNC(=O)CCCNC(=O)CN1CCCCC1=O. The molecule has 2 N–H and O–H groups in total. The topological polar surface area (TPSA) is 78.5 Å². The Hall–Kier alpha value is -1.59. The minimum absolute atomic E-state index is 0.0285. The zero-order valence-corrected chi connectivity index (χ0v) is 13.8. The predicted octanol–water partition coefficient (Wildman–Crippen LogP) is 1.06. The molecule has 0 aromatic rings. The molecule has 0 bridgehead atoms. The molecule has 1 unspecified atom stereocenters. The van der Waals surface area contributed by atoms with Crippen LogP contribution in [0.15, 0.2) is 0 Å². The molecular weight excluding hydrogens is 282 g/mol. The lowest BCUT2D eigenvalue weighted by atomic mass is 10.1. The van der Waals surface area contributed by atoms with Crippen LogP contribution in [0.2, 0.25) is 0 Å². The normalized spacial score (nSPS) is 16.3. The maximum Gasteiger partial charge on any atom is 0.239 e. The fraction of sp³-hybridized carbons (Fsp3) is 0.812. The molecule has 6 heteroatoms. The lowest BCUT2D eigenvalue weighted by molar-refractivity contribution is -0.137. The third kappa shape index (κ3) is 7.43.